The fourth-order valence-corrected chi connectivity index (χ4v) is 3.66. The first-order valence-corrected chi connectivity index (χ1v) is 8.23. The van der Waals surface area contributed by atoms with Crippen LogP contribution in [0.3, 0.4) is 0 Å². The van der Waals surface area contributed by atoms with Gasteiger partial charge in [0.05, 0.1) is 0 Å². The van der Waals surface area contributed by atoms with Gasteiger partial charge in [0.25, 0.3) is 0 Å². The van der Waals surface area contributed by atoms with Gasteiger partial charge in [-0.15, -0.1) is 0 Å². The van der Waals surface area contributed by atoms with Crippen molar-refractivity contribution in [3.8, 4) is 5.75 Å². The molecule has 10 heteroatoms. The molecule has 1 saturated heterocycles. The van der Waals surface area contributed by atoms with Crippen LogP contribution in [0.1, 0.15) is 23.3 Å². The van der Waals surface area contributed by atoms with E-state index in [1.54, 1.807) is 0 Å². The number of nitrogens with zero attached hydrogens (tertiary/aromatic N) is 2. The number of carbonyl (C=O) groups excluding carboxylic acids is 3. The summed E-state index contributed by atoms with van der Waals surface area (Å²) in [6.07, 6.45) is -1.45. The van der Waals surface area contributed by atoms with E-state index in [9.17, 15) is 24.6 Å². The molecule has 3 heterocycles. The van der Waals surface area contributed by atoms with E-state index in [-0.39, 0.29) is 29.2 Å². The minimum atomic E-state index is -2.24. The molecule has 1 aromatic heterocycles. The molecule has 2 fully saturated rings. The lowest BCUT2D eigenvalue weighted by Crippen LogP contribution is -2.45. The van der Waals surface area contributed by atoms with Crippen molar-refractivity contribution in [3.05, 3.63) is 18.0 Å². The maximum atomic E-state index is 12.4. The number of fused-ring (bicyclic) bond motifs is 3. The smallest absolute Gasteiger partial charge is 0.366 e. The Morgan fingerprint density at radius 3 is 2.54 bits per heavy atom. The van der Waals surface area contributed by atoms with Gasteiger partial charge in [-0.25, -0.2) is 19.4 Å². The van der Waals surface area contributed by atoms with Crippen LogP contribution in [-0.2, 0) is 14.3 Å². The highest BCUT2D eigenvalue weighted by Gasteiger charge is 2.53. The van der Waals surface area contributed by atoms with Crippen LogP contribution < -0.4 is 15.4 Å². The molecule has 26 heavy (non-hydrogen) atoms. The lowest BCUT2D eigenvalue weighted by atomic mass is 10.1. The first-order chi connectivity index (χ1) is 12.4. The standard InChI is InChI=1S/C16H17N3O7/c17-5-7-3-6-4-8(6)19(7)11-9-1-2-18-10(11)14(22)26-16(24)13(21)12(20)15(23)25-9/h1-2,6-8,12-13,20-21H,3-5,17H2. The zero-order valence-electron chi connectivity index (χ0n) is 13.6. The van der Waals surface area contributed by atoms with Crippen molar-refractivity contribution >= 4 is 23.6 Å². The van der Waals surface area contributed by atoms with E-state index in [1.807, 2.05) is 4.90 Å². The van der Waals surface area contributed by atoms with E-state index < -0.39 is 30.1 Å². The van der Waals surface area contributed by atoms with Crippen LogP contribution in [0.25, 0.3) is 0 Å². The summed E-state index contributed by atoms with van der Waals surface area (Å²) in [5.41, 5.74) is 5.84. The Balaban J connectivity index is 1.84. The molecule has 0 radical (unpaired) electrons. The van der Waals surface area contributed by atoms with Gasteiger partial charge in [-0.3, -0.25) is 0 Å². The predicted molar refractivity (Wildman–Crippen MR) is 84.1 cm³/mol. The molecule has 1 aliphatic carbocycles. The summed E-state index contributed by atoms with van der Waals surface area (Å²) in [4.78, 5) is 42.2. The molecule has 2 bridgehead atoms. The zero-order chi connectivity index (χ0) is 18.6. The molecular formula is C16H17N3O7. The van der Waals surface area contributed by atoms with Crippen molar-refractivity contribution in [1.82, 2.24) is 4.98 Å². The fraction of sp³-hybridized carbons (Fsp3) is 0.500. The van der Waals surface area contributed by atoms with Crippen LogP contribution in [0.4, 0.5) is 5.69 Å². The number of ether oxygens (including phenoxy) is 2. The Hall–Kier alpha value is -2.56. The third-order valence-electron chi connectivity index (χ3n) is 5.01. The lowest BCUT2D eigenvalue weighted by molar-refractivity contribution is -0.164. The molecule has 1 aromatic rings. The molecule has 138 valence electrons. The third-order valence-corrected chi connectivity index (χ3v) is 5.01. The van der Waals surface area contributed by atoms with Gasteiger partial charge in [-0.05, 0) is 18.8 Å². The summed E-state index contributed by atoms with van der Waals surface area (Å²) in [5, 5.41) is 19.4. The van der Waals surface area contributed by atoms with Crippen LogP contribution in [-0.4, -0.2) is 63.9 Å². The number of aromatic nitrogens is 1. The highest BCUT2D eigenvalue weighted by Crippen LogP contribution is 2.52. The van der Waals surface area contributed by atoms with Gasteiger partial charge >= 0.3 is 17.9 Å². The summed E-state index contributed by atoms with van der Waals surface area (Å²) >= 11 is 0. The fourth-order valence-electron chi connectivity index (χ4n) is 3.66. The number of carbonyl (C=O) groups is 3. The second-order valence-electron chi connectivity index (χ2n) is 6.62. The van der Waals surface area contributed by atoms with Crippen LogP contribution in [0.15, 0.2) is 12.3 Å². The van der Waals surface area contributed by atoms with E-state index in [1.165, 1.54) is 12.3 Å². The van der Waals surface area contributed by atoms with Gasteiger partial charge < -0.3 is 30.3 Å². The van der Waals surface area contributed by atoms with Crippen molar-refractivity contribution in [2.75, 3.05) is 11.4 Å². The molecule has 1 saturated carbocycles. The Morgan fingerprint density at radius 2 is 1.85 bits per heavy atom. The van der Waals surface area contributed by atoms with Gasteiger partial charge in [0.15, 0.2) is 23.7 Å². The molecule has 4 N–H and O–H groups in total. The topological polar surface area (TPSA) is 152 Å². The average molecular weight is 363 g/mol. The highest BCUT2D eigenvalue weighted by molar-refractivity contribution is 6.03. The Morgan fingerprint density at radius 1 is 1.15 bits per heavy atom. The number of piperidine rings is 1. The summed E-state index contributed by atoms with van der Waals surface area (Å²) in [6.45, 7) is 0.323. The Labute approximate surface area is 147 Å². The van der Waals surface area contributed by atoms with Crippen LogP contribution in [0.2, 0.25) is 0 Å². The molecule has 3 aliphatic rings. The quantitative estimate of drug-likeness (QED) is 0.411. The molecule has 5 atom stereocenters. The van der Waals surface area contributed by atoms with Gasteiger partial charge in [-0.1, -0.05) is 0 Å². The summed E-state index contributed by atoms with van der Waals surface area (Å²) in [5.74, 6) is -3.38. The highest BCUT2D eigenvalue weighted by atomic mass is 16.6. The van der Waals surface area contributed by atoms with Crippen molar-refractivity contribution in [1.29, 1.82) is 0 Å². The predicted octanol–water partition coefficient (Wildman–Crippen LogP) is -1.67. The second kappa shape index (κ2) is 6.01. The van der Waals surface area contributed by atoms with Gasteiger partial charge in [0, 0.05) is 30.9 Å². The molecule has 0 aromatic carbocycles. The molecule has 2 aliphatic heterocycles. The number of aliphatic hydroxyl groups excluding tert-OH is 2. The third kappa shape index (κ3) is 2.54. The number of nitrogens with two attached hydrogens (primary N) is 1. The SMILES string of the molecule is NCC1CC2CC2N1c1c2ccnc1C(=O)OC(=O)C(O)C(O)C(=O)O2. The molecule has 10 nitrogen and oxygen atoms in total. The van der Waals surface area contributed by atoms with Crippen LogP contribution in [0.5, 0.6) is 5.75 Å². The minimum Gasteiger partial charge on any atom is -0.422 e. The average Bonchev–Trinajstić information content (AvgIpc) is 3.30. The number of hydrogen-bond donors (Lipinski definition) is 3. The zero-order valence-corrected chi connectivity index (χ0v) is 13.6. The van der Waals surface area contributed by atoms with E-state index in [4.69, 9.17) is 10.5 Å². The first kappa shape index (κ1) is 16.9. The van der Waals surface area contributed by atoms with Crippen molar-refractivity contribution in [3.63, 3.8) is 0 Å². The van der Waals surface area contributed by atoms with E-state index >= 15 is 0 Å². The van der Waals surface area contributed by atoms with E-state index in [0.717, 1.165) is 12.8 Å². The molecular weight excluding hydrogens is 346 g/mol. The van der Waals surface area contributed by atoms with Crippen molar-refractivity contribution < 1.29 is 34.1 Å². The van der Waals surface area contributed by atoms with E-state index in [2.05, 4.69) is 9.72 Å². The normalized spacial score (nSPS) is 33.4. The monoisotopic (exact) mass is 363 g/mol. The molecule has 4 rings (SSSR count). The van der Waals surface area contributed by atoms with Crippen LogP contribution >= 0.6 is 0 Å². The Kier molecular flexibility index (Phi) is 3.90. The first-order valence-electron chi connectivity index (χ1n) is 8.23. The number of hydrogen-bond acceptors (Lipinski definition) is 10. The van der Waals surface area contributed by atoms with Crippen molar-refractivity contribution in [2.45, 2.75) is 37.1 Å². The minimum absolute atomic E-state index is 0.0106. The summed E-state index contributed by atoms with van der Waals surface area (Å²) in [6, 6.07) is 1.42. The maximum Gasteiger partial charge on any atom is 0.366 e. The van der Waals surface area contributed by atoms with Gasteiger partial charge in [0.2, 0.25) is 0 Å². The second-order valence-corrected chi connectivity index (χ2v) is 6.62. The number of cyclic esters (lactones) is 2. The number of anilines is 1. The number of esters is 3. The largest absolute Gasteiger partial charge is 0.422 e. The number of rotatable bonds is 2. The summed E-state index contributed by atoms with van der Waals surface area (Å²) in [7, 11) is 0. The number of aliphatic hydroxyl groups is 2. The van der Waals surface area contributed by atoms with Gasteiger partial charge in [0.1, 0.15) is 5.69 Å². The van der Waals surface area contributed by atoms with Gasteiger partial charge in [-0.2, -0.15) is 0 Å². The summed E-state index contributed by atoms with van der Waals surface area (Å²) < 4.78 is 9.78. The molecule has 0 amide bonds. The molecule has 0 spiro atoms. The Bertz CT molecular complexity index is 798. The van der Waals surface area contributed by atoms with E-state index in [0.29, 0.717) is 12.5 Å². The lowest BCUT2D eigenvalue weighted by Gasteiger charge is -2.31. The number of pyridine rings is 1. The van der Waals surface area contributed by atoms with Crippen molar-refractivity contribution in [2.24, 2.45) is 11.7 Å². The molecule has 5 unspecified atom stereocenters. The maximum absolute atomic E-state index is 12.4. The van der Waals surface area contributed by atoms with Crippen LogP contribution in [0, 0.1) is 5.92 Å².